The van der Waals surface area contributed by atoms with E-state index in [-0.39, 0.29) is 17.8 Å². The van der Waals surface area contributed by atoms with E-state index in [4.69, 9.17) is 5.10 Å². The van der Waals surface area contributed by atoms with Gasteiger partial charge in [0, 0.05) is 24.8 Å². The monoisotopic (exact) mass is 406 g/mol. The summed E-state index contributed by atoms with van der Waals surface area (Å²) in [6, 6.07) is 14.3. The Morgan fingerprint density at radius 1 is 1.07 bits per heavy atom. The van der Waals surface area contributed by atoms with Gasteiger partial charge in [-0.15, -0.1) is 0 Å². The minimum atomic E-state index is -0.303. The predicted molar refractivity (Wildman–Crippen MR) is 116 cm³/mol. The van der Waals surface area contributed by atoms with Crippen molar-refractivity contribution >= 4 is 5.91 Å². The van der Waals surface area contributed by atoms with Gasteiger partial charge in [0.25, 0.3) is 5.91 Å². The second-order valence-corrected chi connectivity index (χ2v) is 8.13. The van der Waals surface area contributed by atoms with E-state index in [2.05, 4.69) is 11.9 Å². The van der Waals surface area contributed by atoms with E-state index in [9.17, 15) is 9.18 Å². The molecule has 5 nitrogen and oxygen atoms in total. The molecule has 2 aromatic carbocycles. The Kier molecular flexibility index (Phi) is 5.68. The molecule has 1 amide bonds. The summed E-state index contributed by atoms with van der Waals surface area (Å²) in [5.41, 5.74) is 3.95. The highest BCUT2D eigenvalue weighted by atomic mass is 19.1. The van der Waals surface area contributed by atoms with Crippen LogP contribution in [-0.2, 0) is 0 Å². The smallest absolute Gasteiger partial charge is 0.257 e. The fourth-order valence-corrected chi connectivity index (χ4v) is 3.92. The lowest BCUT2D eigenvalue weighted by Crippen LogP contribution is -2.44. The van der Waals surface area contributed by atoms with Gasteiger partial charge in [0.05, 0.1) is 11.3 Å². The number of carbonyl (C=O) groups excluding carboxylic acids is 1. The highest BCUT2D eigenvalue weighted by molar-refractivity contribution is 6.00. The van der Waals surface area contributed by atoms with E-state index in [1.54, 1.807) is 23.0 Å². The summed E-state index contributed by atoms with van der Waals surface area (Å²) in [5.74, 6) is -0.337. The van der Waals surface area contributed by atoms with Crippen LogP contribution in [0.25, 0.3) is 16.9 Å². The van der Waals surface area contributed by atoms with Crippen molar-refractivity contribution in [1.29, 1.82) is 0 Å². The number of piperidine rings is 1. The first-order chi connectivity index (χ1) is 14.4. The fourth-order valence-electron chi connectivity index (χ4n) is 3.92. The molecule has 0 unspecified atom stereocenters. The Labute approximate surface area is 176 Å². The van der Waals surface area contributed by atoms with Crippen LogP contribution >= 0.6 is 0 Å². The van der Waals surface area contributed by atoms with E-state index < -0.39 is 0 Å². The SMILES string of the molecule is Cc1ccc(-c2nn(-c3ccc(F)cc3)cc2C(=O)N(C)C2CCN(C)CC2)cc1. The first-order valence-corrected chi connectivity index (χ1v) is 10.3. The van der Waals surface area contributed by atoms with Crippen molar-refractivity contribution in [2.75, 3.05) is 27.2 Å². The fraction of sp³-hybridized carbons (Fsp3) is 0.333. The highest BCUT2D eigenvalue weighted by Gasteiger charge is 2.28. The van der Waals surface area contributed by atoms with Crippen LogP contribution in [0.4, 0.5) is 4.39 Å². The molecule has 3 aromatic rings. The highest BCUT2D eigenvalue weighted by Crippen LogP contribution is 2.27. The number of aryl methyl sites for hydroxylation is 1. The number of halogens is 1. The van der Waals surface area contributed by atoms with Gasteiger partial charge in [-0.1, -0.05) is 29.8 Å². The zero-order valence-electron chi connectivity index (χ0n) is 17.7. The number of amides is 1. The third-order valence-corrected chi connectivity index (χ3v) is 5.92. The van der Waals surface area contributed by atoms with Crippen molar-refractivity contribution in [3.63, 3.8) is 0 Å². The maximum atomic E-state index is 13.5. The standard InChI is InChI=1S/C24H27FN4O/c1-17-4-6-18(7-5-17)23-22(16-29(26-23)21-10-8-19(25)9-11-21)24(30)28(3)20-12-14-27(2)15-13-20/h4-11,16,20H,12-15H2,1-3H3. The molecule has 4 rings (SSSR count). The van der Waals surface area contributed by atoms with Crippen LogP contribution < -0.4 is 0 Å². The molecular weight excluding hydrogens is 379 g/mol. The summed E-state index contributed by atoms with van der Waals surface area (Å²) in [6.07, 6.45) is 3.69. The minimum absolute atomic E-state index is 0.0338. The summed E-state index contributed by atoms with van der Waals surface area (Å²) in [4.78, 5) is 17.6. The number of hydrogen-bond donors (Lipinski definition) is 0. The summed E-state index contributed by atoms with van der Waals surface area (Å²) in [5, 5.41) is 4.71. The molecule has 1 aromatic heterocycles. The molecule has 1 aliphatic heterocycles. The van der Waals surface area contributed by atoms with Gasteiger partial charge in [0.1, 0.15) is 11.5 Å². The van der Waals surface area contributed by atoms with Gasteiger partial charge in [0.15, 0.2) is 0 Å². The zero-order chi connectivity index (χ0) is 21.3. The van der Waals surface area contributed by atoms with Gasteiger partial charge < -0.3 is 9.80 Å². The van der Waals surface area contributed by atoms with E-state index in [1.165, 1.54) is 12.1 Å². The molecule has 0 bridgehead atoms. The maximum Gasteiger partial charge on any atom is 0.257 e. The third-order valence-electron chi connectivity index (χ3n) is 5.92. The Bertz CT molecular complexity index is 1020. The second kappa shape index (κ2) is 8.40. The molecule has 1 saturated heterocycles. The lowest BCUT2D eigenvalue weighted by atomic mass is 10.0. The van der Waals surface area contributed by atoms with Crippen LogP contribution in [-0.4, -0.2) is 58.7 Å². The summed E-state index contributed by atoms with van der Waals surface area (Å²) in [6.45, 7) is 4.00. The molecule has 0 atom stereocenters. The molecule has 156 valence electrons. The number of hydrogen-bond acceptors (Lipinski definition) is 3. The normalized spacial score (nSPS) is 15.3. The van der Waals surface area contributed by atoms with Crippen molar-refractivity contribution in [1.82, 2.24) is 19.6 Å². The van der Waals surface area contributed by atoms with Gasteiger partial charge >= 0.3 is 0 Å². The molecular formula is C24H27FN4O. The number of benzene rings is 2. The summed E-state index contributed by atoms with van der Waals surface area (Å²) in [7, 11) is 3.99. The Morgan fingerprint density at radius 2 is 1.70 bits per heavy atom. The van der Waals surface area contributed by atoms with Gasteiger partial charge in [-0.25, -0.2) is 9.07 Å². The van der Waals surface area contributed by atoms with Gasteiger partial charge in [0.2, 0.25) is 0 Å². The van der Waals surface area contributed by atoms with Crippen molar-refractivity contribution in [2.24, 2.45) is 0 Å². The molecule has 2 heterocycles. The Morgan fingerprint density at radius 3 is 2.33 bits per heavy atom. The van der Waals surface area contributed by atoms with Crippen LogP contribution in [0.3, 0.4) is 0 Å². The van der Waals surface area contributed by atoms with Crippen LogP contribution in [0.15, 0.2) is 54.7 Å². The number of likely N-dealkylation sites (tertiary alicyclic amines) is 1. The third kappa shape index (κ3) is 4.14. The van der Waals surface area contributed by atoms with Gasteiger partial charge in [-0.3, -0.25) is 4.79 Å². The van der Waals surface area contributed by atoms with Gasteiger partial charge in [-0.2, -0.15) is 5.10 Å². The van der Waals surface area contributed by atoms with Gasteiger partial charge in [-0.05, 0) is 64.2 Å². The predicted octanol–water partition coefficient (Wildman–Crippen LogP) is 4.15. The molecule has 0 radical (unpaired) electrons. The van der Waals surface area contributed by atoms with Crippen molar-refractivity contribution in [3.8, 4) is 16.9 Å². The molecule has 6 heteroatoms. The number of carbonyl (C=O) groups is 1. The summed E-state index contributed by atoms with van der Waals surface area (Å²) < 4.78 is 15.0. The molecule has 0 N–H and O–H groups in total. The molecule has 1 aliphatic rings. The molecule has 0 aliphatic carbocycles. The van der Waals surface area contributed by atoms with Crippen LogP contribution in [0.1, 0.15) is 28.8 Å². The first-order valence-electron chi connectivity index (χ1n) is 10.3. The van der Waals surface area contributed by atoms with Crippen LogP contribution in [0.5, 0.6) is 0 Å². The Balaban J connectivity index is 1.71. The minimum Gasteiger partial charge on any atom is -0.339 e. The van der Waals surface area contributed by atoms with Crippen molar-refractivity contribution in [2.45, 2.75) is 25.8 Å². The van der Waals surface area contributed by atoms with Crippen LogP contribution in [0, 0.1) is 12.7 Å². The average molecular weight is 407 g/mol. The molecule has 30 heavy (non-hydrogen) atoms. The second-order valence-electron chi connectivity index (χ2n) is 8.13. The zero-order valence-corrected chi connectivity index (χ0v) is 17.7. The lowest BCUT2D eigenvalue weighted by molar-refractivity contribution is 0.0660. The topological polar surface area (TPSA) is 41.4 Å². The molecule has 0 saturated carbocycles. The van der Waals surface area contributed by atoms with Crippen molar-refractivity contribution in [3.05, 3.63) is 71.7 Å². The number of nitrogens with zero attached hydrogens (tertiary/aromatic N) is 4. The first kappa shape index (κ1) is 20.3. The van der Waals surface area contributed by atoms with Crippen molar-refractivity contribution < 1.29 is 9.18 Å². The maximum absolute atomic E-state index is 13.5. The van der Waals surface area contributed by atoms with E-state index in [0.29, 0.717) is 16.9 Å². The van der Waals surface area contributed by atoms with E-state index in [1.807, 2.05) is 43.1 Å². The molecule has 0 spiro atoms. The number of rotatable bonds is 4. The average Bonchev–Trinajstić information content (AvgIpc) is 3.19. The van der Waals surface area contributed by atoms with Crippen LogP contribution in [0.2, 0.25) is 0 Å². The lowest BCUT2D eigenvalue weighted by Gasteiger charge is -2.35. The number of aromatic nitrogens is 2. The molecule has 1 fully saturated rings. The largest absolute Gasteiger partial charge is 0.339 e. The quantitative estimate of drug-likeness (QED) is 0.654. The summed E-state index contributed by atoms with van der Waals surface area (Å²) >= 11 is 0. The Hall–Kier alpha value is -2.99. The van der Waals surface area contributed by atoms with E-state index in [0.717, 1.165) is 37.1 Å². The van der Waals surface area contributed by atoms with E-state index >= 15 is 0 Å².